The fourth-order valence-electron chi connectivity index (χ4n) is 2.02. The number of nitrogens with one attached hydrogen (secondary N) is 1. The number of rotatable bonds is 8. The SMILES string of the molecule is CCNC(CCN(C)C)C(CC)CC. The van der Waals surface area contributed by atoms with Crippen LogP contribution in [0.1, 0.15) is 40.0 Å². The van der Waals surface area contributed by atoms with Gasteiger partial charge in [0.2, 0.25) is 0 Å². The first-order chi connectivity index (χ1) is 6.65. The molecule has 0 aromatic heterocycles. The highest BCUT2D eigenvalue weighted by atomic mass is 15.1. The van der Waals surface area contributed by atoms with Crippen molar-refractivity contribution in [1.82, 2.24) is 10.2 Å². The van der Waals surface area contributed by atoms with Crippen molar-refractivity contribution in [2.45, 2.75) is 46.1 Å². The molecule has 0 fully saturated rings. The highest BCUT2D eigenvalue weighted by Gasteiger charge is 2.16. The predicted molar refractivity (Wildman–Crippen MR) is 64.7 cm³/mol. The normalized spacial score (nSPS) is 13.9. The van der Waals surface area contributed by atoms with E-state index in [1.807, 2.05) is 0 Å². The minimum absolute atomic E-state index is 0.706. The minimum atomic E-state index is 0.706. The third kappa shape index (κ3) is 5.61. The van der Waals surface area contributed by atoms with Gasteiger partial charge < -0.3 is 10.2 Å². The molecule has 14 heavy (non-hydrogen) atoms. The standard InChI is InChI=1S/C12H28N2/c1-6-11(7-2)12(13-8-3)9-10-14(4)5/h11-13H,6-10H2,1-5H3. The maximum absolute atomic E-state index is 3.61. The quantitative estimate of drug-likeness (QED) is 0.647. The van der Waals surface area contributed by atoms with Crippen LogP contribution in [0.4, 0.5) is 0 Å². The van der Waals surface area contributed by atoms with Gasteiger partial charge in [-0.05, 0) is 39.5 Å². The second-order valence-corrected chi connectivity index (χ2v) is 4.33. The fraction of sp³-hybridized carbons (Fsp3) is 1.00. The molecular formula is C12H28N2. The van der Waals surface area contributed by atoms with Gasteiger partial charge in [-0.2, -0.15) is 0 Å². The van der Waals surface area contributed by atoms with Gasteiger partial charge >= 0.3 is 0 Å². The van der Waals surface area contributed by atoms with Gasteiger partial charge in [-0.1, -0.05) is 33.6 Å². The van der Waals surface area contributed by atoms with Crippen LogP contribution in [-0.4, -0.2) is 38.1 Å². The predicted octanol–water partition coefficient (Wildman–Crippen LogP) is 2.35. The van der Waals surface area contributed by atoms with E-state index in [-0.39, 0.29) is 0 Å². The Bertz CT molecular complexity index is 119. The Hall–Kier alpha value is -0.0800. The summed E-state index contributed by atoms with van der Waals surface area (Å²) in [6.07, 6.45) is 3.86. The summed E-state index contributed by atoms with van der Waals surface area (Å²) in [5.74, 6) is 0.842. The lowest BCUT2D eigenvalue weighted by molar-refractivity contribution is 0.284. The van der Waals surface area contributed by atoms with E-state index < -0.39 is 0 Å². The van der Waals surface area contributed by atoms with Crippen molar-refractivity contribution in [3.8, 4) is 0 Å². The van der Waals surface area contributed by atoms with Gasteiger partial charge in [-0.15, -0.1) is 0 Å². The van der Waals surface area contributed by atoms with Gasteiger partial charge in [0.1, 0.15) is 0 Å². The molecule has 0 saturated heterocycles. The molecule has 0 saturated carbocycles. The summed E-state index contributed by atoms with van der Waals surface area (Å²) in [5, 5.41) is 3.61. The number of hydrogen-bond acceptors (Lipinski definition) is 2. The monoisotopic (exact) mass is 200 g/mol. The Morgan fingerprint density at radius 1 is 1.07 bits per heavy atom. The average molecular weight is 200 g/mol. The van der Waals surface area contributed by atoms with Crippen molar-refractivity contribution in [3.05, 3.63) is 0 Å². The zero-order valence-electron chi connectivity index (χ0n) is 10.6. The van der Waals surface area contributed by atoms with Crippen LogP contribution in [0.25, 0.3) is 0 Å². The molecule has 0 aromatic rings. The molecule has 86 valence electrons. The maximum atomic E-state index is 3.61. The zero-order valence-corrected chi connectivity index (χ0v) is 10.6. The third-order valence-corrected chi connectivity index (χ3v) is 2.97. The lowest BCUT2D eigenvalue weighted by Gasteiger charge is -2.27. The summed E-state index contributed by atoms with van der Waals surface area (Å²) in [6.45, 7) is 9.08. The van der Waals surface area contributed by atoms with Crippen molar-refractivity contribution in [2.75, 3.05) is 27.2 Å². The van der Waals surface area contributed by atoms with E-state index in [4.69, 9.17) is 0 Å². The molecule has 0 bridgehead atoms. The molecule has 2 heteroatoms. The minimum Gasteiger partial charge on any atom is -0.314 e. The molecule has 0 aliphatic carbocycles. The largest absolute Gasteiger partial charge is 0.314 e. The molecule has 0 amide bonds. The van der Waals surface area contributed by atoms with Crippen LogP contribution in [0.3, 0.4) is 0 Å². The van der Waals surface area contributed by atoms with Crippen LogP contribution in [0.5, 0.6) is 0 Å². The molecule has 0 aliphatic rings. The maximum Gasteiger partial charge on any atom is 0.0107 e. The van der Waals surface area contributed by atoms with Gasteiger partial charge in [-0.25, -0.2) is 0 Å². The van der Waals surface area contributed by atoms with Crippen LogP contribution in [-0.2, 0) is 0 Å². The van der Waals surface area contributed by atoms with Crippen molar-refractivity contribution < 1.29 is 0 Å². The molecule has 1 unspecified atom stereocenters. The van der Waals surface area contributed by atoms with Crippen LogP contribution < -0.4 is 5.32 Å². The highest BCUT2D eigenvalue weighted by Crippen LogP contribution is 2.15. The molecule has 0 rings (SSSR count). The Labute approximate surface area is 90.1 Å². The summed E-state index contributed by atoms with van der Waals surface area (Å²) in [5.41, 5.74) is 0. The summed E-state index contributed by atoms with van der Waals surface area (Å²) in [6, 6.07) is 0.706. The second kappa shape index (κ2) is 8.25. The Balaban J connectivity index is 3.98. The smallest absolute Gasteiger partial charge is 0.0107 e. The summed E-state index contributed by atoms with van der Waals surface area (Å²) >= 11 is 0. The summed E-state index contributed by atoms with van der Waals surface area (Å²) in [7, 11) is 4.30. The Morgan fingerprint density at radius 3 is 2.00 bits per heavy atom. The molecule has 1 N–H and O–H groups in total. The molecule has 1 atom stereocenters. The number of nitrogens with zero attached hydrogens (tertiary/aromatic N) is 1. The van der Waals surface area contributed by atoms with Crippen LogP contribution >= 0.6 is 0 Å². The van der Waals surface area contributed by atoms with E-state index >= 15 is 0 Å². The van der Waals surface area contributed by atoms with Crippen LogP contribution in [0.2, 0.25) is 0 Å². The first-order valence-corrected chi connectivity index (χ1v) is 6.03. The van der Waals surface area contributed by atoms with E-state index in [0.29, 0.717) is 6.04 Å². The first-order valence-electron chi connectivity index (χ1n) is 6.03. The molecule has 0 aliphatic heterocycles. The van der Waals surface area contributed by atoms with Gasteiger partial charge in [0, 0.05) is 6.04 Å². The Morgan fingerprint density at radius 2 is 1.64 bits per heavy atom. The topological polar surface area (TPSA) is 15.3 Å². The fourth-order valence-corrected chi connectivity index (χ4v) is 2.02. The van der Waals surface area contributed by atoms with Gasteiger partial charge in [0.05, 0.1) is 0 Å². The van der Waals surface area contributed by atoms with E-state index in [1.54, 1.807) is 0 Å². The van der Waals surface area contributed by atoms with Crippen molar-refractivity contribution >= 4 is 0 Å². The molecule has 0 spiro atoms. The van der Waals surface area contributed by atoms with Gasteiger partial charge in [0.25, 0.3) is 0 Å². The molecular weight excluding hydrogens is 172 g/mol. The summed E-state index contributed by atoms with van der Waals surface area (Å²) < 4.78 is 0. The van der Waals surface area contributed by atoms with Crippen LogP contribution in [0, 0.1) is 5.92 Å². The van der Waals surface area contributed by atoms with E-state index in [2.05, 4.69) is 45.1 Å². The van der Waals surface area contributed by atoms with Crippen molar-refractivity contribution in [3.63, 3.8) is 0 Å². The van der Waals surface area contributed by atoms with Crippen molar-refractivity contribution in [1.29, 1.82) is 0 Å². The third-order valence-electron chi connectivity index (χ3n) is 2.97. The first kappa shape index (κ1) is 13.9. The van der Waals surface area contributed by atoms with E-state index in [1.165, 1.54) is 25.8 Å². The lowest BCUT2D eigenvalue weighted by atomic mass is 9.91. The van der Waals surface area contributed by atoms with Crippen LogP contribution in [0.15, 0.2) is 0 Å². The zero-order chi connectivity index (χ0) is 11.0. The van der Waals surface area contributed by atoms with E-state index in [0.717, 1.165) is 12.5 Å². The van der Waals surface area contributed by atoms with Gasteiger partial charge in [0.15, 0.2) is 0 Å². The molecule has 0 radical (unpaired) electrons. The van der Waals surface area contributed by atoms with Crippen molar-refractivity contribution in [2.24, 2.45) is 5.92 Å². The lowest BCUT2D eigenvalue weighted by Crippen LogP contribution is -2.38. The summed E-state index contributed by atoms with van der Waals surface area (Å²) in [4.78, 5) is 2.27. The molecule has 0 heterocycles. The Kier molecular flexibility index (Phi) is 8.20. The average Bonchev–Trinajstić information content (AvgIpc) is 2.15. The highest BCUT2D eigenvalue weighted by molar-refractivity contribution is 4.75. The second-order valence-electron chi connectivity index (χ2n) is 4.33. The molecule has 0 aromatic carbocycles. The molecule has 2 nitrogen and oxygen atoms in total. The van der Waals surface area contributed by atoms with E-state index in [9.17, 15) is 0 Å². The number of hydrogen-bond donors (Lipinski definition) is 1. The van der Waals surface area contributed by atoms with Gasteiger partial charge in [-0.3, -0.25) is 0 Å².